The van der Waals surface area contributed by atoms with Crippen molar-refractivity contribution in [2.75, 3.05) is 19.6 Å². The zero-order valence-electron chi connectivity index (χ0n) is 12.1. The molecule has 1 atom stereocenters. The molecule has 1 amide bonds. The summed E-state index contributed by atoms with van der Waals surface area (Å²) in [5.41, 5.74) is 7.26. The van der Waals surface area contributed by atoms with Crippen molar-refractivity contribution in [1.29, 1.82) is 0 Å². The van der Waals surface area contributed by atoms with E-state index in [2.05, 4.69) is 13.8 Å². The third kappa shape index (κ3) is 3.45. The summed E-state index contributed by atoms with van der Waals surface area (Å²) in [6, 6.07) is 7.79. The number of primary amides is 1. The van der Waals surface area contributed by atoms with Crippen molar-refractivity contribution in [3.05, 3.63) is 35.4 Å². The summed E-state index contributed by atoms with van der Waals surface area (Å²) in [5.74, 6) is 0.201. The molecule has 2 N–H and O–H groups in total. The Labute approximate surface area is 119 Å². The van der Waals surface area contributed by atoms with Crippen molar-refractivity contribution < 1.29 is 9.59 Å². The molecule has 4 heteroatoms. The predicted octanol–water partition coefficient (Wildman–Crippen LogP) is 1.80. The Bertz CT molecular complexity index is 494. The van der Waals surface area contributed by atoms with Crippen LogP contribution in [0.4, 0.5) is 0 Å². The number of carbonyl (C=O) groups is 2. The molecule has 0 aromatic heterocycles. The number of nitrogens with zero attached hydrogens (tertiary/aromatic N) is 1. The molecule has 108 valence electrons. The number of carbonyl (C=O) groups excluding carboxylic acids is 2. The molecule has 1 heterocycles. The summed E-state index contributed by atoms with van der Waals surface area (Å²) in [6.07, 6.45) is 0.759. The maximum Gasteiger partial charge on any atom is 0.221 e. The molecule has 1 saturated heterocycles. The van der Waals surface area contributed by atoms with E-state index in [9.17, 15) is 9.59 Å². The lowest BCUT2D eigenvalue weighted by Gasteiger charge is -2.14. The van der Waals surface area contributed by atoms with Crippen LogP contribution in [0, 0.1) is 5.92 Å². The lowest BCUT2D eigenvalue weighted by atomic mass is 10.0. The van der Waals surface area contributed by atoms with Gasteiger partial charge in [0.15, 0.2) is 5.78 Å². The summed E-state index contributed by atoms with van der Waals surface area (Å²) >= 11 is 0. The summed E-state index contributed by atoms with van der Waals surface area (Å²) in [6.45, 7) is 6.00. The molecule has 0 spiro atoms. The fraction of sp³-hybridized carbons (Fsp3) is 0.500. The first-order chi connectivity index (χ1) is 9.47. The van der Waals surface area contributed by atoms with Gasteiger partial charge in [0.1, 0.15) is 0 Å². The fourth-order valence-electron chi connectivity index (χ4n) is 2.56. The highest BCUT2D eigenvalue weighted by molar-refractivity contribution is 5.97. The van der Waals surface area contributed by atoms with Crippen LogP contribution in [0.2, 0.25) is 0 Å². The molecule has 4 nitrogen and oxygen atoms in total. The van der Waals surface area contributed by atoms with Gasteiger partial charge in [-0.3, -0.25) is 14.5 Å². The van der Waals surface area contributed by atoms with E-state index in [-0.39, 0.29) is 17.6 Å². The zero-order chi connectivity index (χ0) is 14.7. The number of hydrogen-bond donors (Lipinski definition) is 1. The Balaban J connectivity index is 1.94. The zero-order valence-corrected chi connectivity index (χ0v) is 12.1. The standard InChI is InChI=1S/C16H22N2O2/c1-11(2)12-3-5-13(6-4-12)15(19)10-18-8-7-14(9-18)16(17)20/h3-6,11,14H,7-10H2,1-2H3,(H2,17,20). The molecule has 0 saturated carbocycles. The number of hydrogen-bond acceptors (Lipinski definition) is 3. The number of benzene rings is 1. The fourth-order valence-corrected chi connectivity index (χ4v) is 2.56. The number of nitrogens with two attached hydrogens (primary N) is 1. The van der Waals surface area contributed by atoms with Crippen molar-refractivity contribution in [2.24, 2.45) is 11.7 Å². The van der Waals surface area contributed by atoms with Crippen LogP contribution < -0.4 is 5.73 Å². The average Bonchev–Trinajstić information content (AvgIpc) is 2.87. The first-order valence-corrected chi connectivity index (χ1v) is 7.12. The van der Waals surface area contributed by atoms with Gasteiger partial charge >= 0.3 is 0 Å². The highest BCUT2D eigenvalue weighted by Gasteiger charge is 2.27. The van der Waals surface area contributed by atoms with E-state index in [0.717, 1.165) is 18.5 Å². The molecule has 1 fully saturated rings. The molecular weight excluding hydrogens is 252 g/mol. The van der Waals surface area contributed by atoms with Gasteiger partial charge in [-0.25, -0.2) is 0 Å². The minimum atomic E-state index is -0.263. The molecule has 0 bridgehead atoms. The highest BCUT2D eigenvalue weighted by atomic mass is 16.1. The summed E-state index contributed by atoms with van der Waals surface area (Å²) in [7, 11) is 0. The minimum absolute atomic E-state index is 0.102. The Morgan fingerprint density at radius 1 is 1.30 bits per heavy atom. The maximum absolute atomic E-state index is 12.2. The first-order valence-electron chi connectivity index (χ1n) is 7.12. The molecule has 1 unspecified atom stereocenters. The Morgan fingerprint density at radius 2 is 1.95 bits per heavy atom. The Hall–Kier alpha value is -1.68. The summed E-state index contributed by atoms with van der Waals surface area (Å²) in [4.78, 5) is 25.3. The van der Waals surface area contributed by atoms with Crippen LogP contribution >= 0.6 is 0 Å². The van der Waals surface area contributed by atoms with Gasteiger partial charge in [-0.2, -0.15) is 0 Å². The molecule has 0 radical (unpaired) electrons. The van der Waals surface area contributed by atoms with Crippen LogP contribution in [0.25, 0.3) is 0 Å². The van der Waals surface area contributed by atoms with Crippen molar-refractivity contribution >= 4 is 11.7 Å². The highest BCUT2D eigenvalue weighted by Crippen LogP contribution is 2.18. The third-order valence-corrected chi connectivity index (χ3v) is 3.94. The number of rotatable bonds is 5. The molecule has 1 aliphatic rings. The molecule has 1 aliphatic heterocycles. The largest absolute Gasteiger partial charge is 0.369 e. The SMILES string of the molecule is CC(C)c1ccc(C(=O)CN2CCC(C(N)=O)C2)cc1. The van der Waals surface area contributed by atoms with Crippen molar-refractivity contribution in [3.63, 3.8) is 0 Å². The Kier molecular flexibility index (Phi) is 4.55. The van der Waals surface area contributed by atoms with Crippen LogP contribution in [0.1, 0.15) is 42.1 Å². The first kappa shape index (κ1) is 14.7. The van der Waals surface area contributed by atoms with E-state index < -0.39 is 0 Å². The second kappa shape index (κ2) is 6.18. The minimum Gasteiger partial charge on any atom is -0.369 e. The van der Waals surface area contributed by atoms with Gasteiger partial charge in [0.2, 0.25) is 5.91 Å². The van der Waals surface area contributed by atoms with E-state index in [0.29, 0.717) is 19.0 Å². The van der Waals surface area contributed by atoms with Crippen molar-refractivity contribution in [2.45, 2.75) is 26.2 Å². The van der Waals surface area contributed by atoms with Crippen LogP contribution in [0.3, 0.4) is 0 Å². The molecule has 2 rings (SSSR count). The lowest BCUT2D eigenvalue weighted by Crippen LogP contribution is -2.31. The molecule has 1 aromatic carbocycles. The summed E-state index contributed by atoms with van der Waals surface area (Å²) in [5, 5.41) is 0. The average molecular weight is 274 g/mol. The Morgan fingerprint density at radius 3 is 2.45 bits per heavy atom. The van der Waals surface area contributed by atoms with Gasteiger partial charge in [0, 0.05) is 12.1 Å². The van der Waals surface area contributed by atoms with Crippen LogP contribution in [0.15, 0.2) is 24.3 Å². The number of Topliss-reactive ketones (excluding diaryl/α,β-unsaturated/α-hetero) is 1. The maximum atomic E-state index is 12.2. The van der Waals surface area contributed by atoms with E-state index in [4.69, 9.17) is 5.73 Å². The monoisotopic (exact) mass is 274 g/mol. The third-order valence-electron chi connectivity index (χ3n) is 3.94. The smallest absolute Gasteiger partial charge is 0.221 e. The van der Waals surface area contributed by atoms with Gasteiger partial charge in [-0.1, -0.05) is 38.1 Å². The number of ketones is 1. The molecular formula is C16H22N2O2. The molecule has 1 aromatic rings. The van der Waals surface area contributed by atoms with Crippen molar-refractivity contribution in [3.8, 4) is 0 Å². The van der Waals surface area contributed by atoms with E-state index in [1.165, 1.54) is 5.56 Å². The van der Waals surface area contributed by atoms with E-state index in [1.54, 1.807) is 0 Å². The van der Waals surface area contributed by atoms with E-state index >= 15 is 0 Å². The lowest BCUT2D eigenvalue weighted by molar-refractivity contribution is -0.121. The van der Waals surface area contributed by atoms with Crippen LogP contribution in [-0.4, -0.2) is 36.2 Å². The second-order valence-corrected chi connectivity index (χ2v) is 5.82. The number of likely N-dealkylation sites (tertiary alicyclic amines) is 1. The van der Waals surface area contributed by atoms with Gasteiger partial charge in [-0.05, 0) is 24.4 Å². The number of amides is 1. The quantitative estimate of drug-likeness (QED) is 0.833. The molecule has 20 heavy (non-hydrogen) atoms. The van der Waals surface area contributed by atoms with Gasteiger partial charge in [0.25, 0.3) is 0 Å². The topological polar surface area (TPSA) is 63.4 Å². The summed E-state index contributed by atoms with van der Waals surface area (Å²) < 4.78 is 0. The second-order valence-electron chi connectivity index (χ2n) is 5.82. The predicted molar refractivity (Wildman–Crippen MR) is 78.6 cm³/mol. The van der Waals surface area contributed by atoms with Crippen molar-refractivity contribution in [1.82, 2.24) is 4.90 Å². The van der Waals surface area contributed by atoms with Crippen LogP contribution in [0.5, 0.6) is 0 Å². The van der Waals surface area contributed by atoms with Gasteiger partial charge < -0.3 is 5.73 Å². The van der Waals surface area contributed by atoms with Crippen LogP contribution in [-0.2, 0) is 4.79 Å². The van der Waals surface area contributed by atoms with E-state index in [1.807, 2.05) is 29.2 Å². The van der Waals surface area contributed by atoms with Gasteiger partial charge in [0.05, 0.1) is 12.5 Å². The molecule has 0 aliphatic carbocycles. The normalized spacial score (nSPS) is 19.4. The van der Waals surface area contributed by atoms with Gasteiger partial charge in [-0.15, -0.1) is 0 Å².